The molecule has 3 nitrogen and oxygen atoms in total. The van der Waals surface area contributed by atoms with Crippen LogP contribution in [0.25, 0.3) is 0 Å². The Hall–Kier alpha value is -0.580. The second-order valence-corrected chi connectivity index (χ2v) is 5.78. The smallest absolute Gasteiger partial charge is 0.133 e. The number of hydrogen-bond acceptors (Lipinski definition) is 3. The largest absolute Gasteiger partial charge is 0.492 e. The number of halogens is 1. The lowest BCUT2D eigenvalue weighted by Gasteiger charge is -2.11. The van der Waals surface area contributed by atoms with Crippen molar-refractivity contribution in [2.75, 3.05) is 19.8 Å². The number of ether oxygens (including phenoxy) is 2. The van der Waals surface area contributed by atoms with E-state index in [0.29, 0.717) is 12.6 Å². The van der Waals surface area contributed by atoms with E-state index in [4.69, 9.17) is 15.2 Å². The molecule has 106 valence electrons. The molecule has 1 fully saturated rings. The van der Waals surface area contributed by atoms with Gasteiger partial charge >= 0.3 is 0 Å². The third-order valence-corrected chi connectivity index (χ3v) is 4.00. The van der Waals surface area contributed by atoms with E-state index in [0.717, 1.165) is 42.7 Å². The van der Waals surface area contributed by atoms with Crippen LogP contribution in [-0.4, -0.2) is 25.9 Å². The number of hydrogen-bond donors (Lipinski definition) is 1. The molecule has 0 bridgehead atoms. The summed E-state index contributed by atoms with van der Waals surface area (Å²) in [6, 6.07) is 6.18. The summed E-state index contributed by atoms with van der Waals surface area (Å²) in [4.78, 5) is 0. The topological polar surface area (TPSA) is 44.5 Å². The minimum Gasteiger partial charge on any atom is -0.492 e. The van der Waals surface area contributed by atoms with E-state index < -0.39 is 0 Å². The molecule has 2 rings (SSSR count). The van der Waals surface area contributed by atoms with E-state index in [1.807, 2.05) is 6.07 Å². The fraction of sp³-hybridized carbons (Fsp3) is 0.600. The summed E-state index contributed by atoms with van der Waals surface area (Å²) in [5.41, 5.74) is 6.79. The van der Waals surface area contributed by atoms with Crippen LogP contribution in [0.4, 0.5) is 0 Å². The van der Waals surface area contributed by atoms with Crippen LogP contribution < -0.4 is 10.5 Å². The van der Waals surface area contributed by atoms with Crippen LogP contribution in [0.15, 0.2) is 22.7 Å². The Bertz CT molecular complexity index is 392. The molecule has 1 atom stereocenters. The zero-order valence-corrected chi connectivity index (χ0v) is 12.8. The molecule has 4 heteroatoms. The second-order valence-electron chi connectivity index (χ2n) is 4.93. The molecule has 1 aromatic carbocycles. The Morgan fingerprint density at radius 2 is 2.32 bits per heavy atom. The molecule has 1 unspecified atom stereocenters. The highest BCUT2D eigenvalue weighted by molar-refractivity contribution is 9.10. The highest BCUT2D eigenvalue weighted by Gasteiger charge is 2.14. The van der Waals surface area contributed by atoms with Gasteiger partial charge in [0.1, 0.15) is 5.75 Å². The Morgan fingerprint density at radius 1 is 1.42 bits per heavy atom. The van der Waals surface area contributed by atoms with Gasteiger partial charge in [0.15, 0.2) is 0 Å². The lowest BCUT2D eigenvalue weighted by atomic mass is 10.1. The fourth-order valence-corrected chi connectivity index (χ4v) is 2.89. The van der Waals surface area contributed by atoms with Gasteiger partial charge in [0.05, 0.1) is 17.2 Å². The first-order chi connectivity index (χ1) is 9.29. The molecule has 1 aromatic rings. The molecule has 2 N–H and O–H groups in total. The van der Waals surface area contributed by atoms with Crippen LogP contribution in [-0.2, 0) is 11.2 Å². The molecule has 0 saturated carbocycles. The quantitative estimate of drug-likeness (QED) is 0.781. The molecule has 1 heterocycles. The van der Waals surface area contributed by atoms with Gasteiger partial charge in [-0.3, -0.25) is 0 Å². The van der Waals surface area contributed by atoms with Gasteiger partial charge in [-0.15, -0.1) is 0 Å². The molecule has 1 aliphatic heterocycles. The summed E-state index contributed by atoms with van der Waals surface area (Å²) in [5, 5.41) is 0. The lowest BCUT2D eigenvalue weighted by molar-refractivity contribution is 0.0981. The summed E-state index contributed by atoms with van der Waals surface area (Å²) in [6.07, 6.45) is 5.92. The van der Waals surface area contributed by atoms with E-state index in [-0.39, 0.29) is 0 Å². The minimum absolute atomic E-state index is 0.457. The third kappa shape index (κ3) is 4.79. The van der Waals surface area contributed by atoms with Crippen LogP contribution in [0.2, 0.25) is 0 Å². The van der Waals surface area contributed by atoms with Crippen molar-refractivity contribution in [1.82, 2.24) is 0 Å². The van der Waals surface area contributed by atoms with Crippen LogP contribution in [0, 0.1) is 0 Å². The van der Waals surface area contributed by atoms with Gasteiger partial charge in [0.25, 0.3) is 0 Å². The molecule has 19 heavy (non-hydrogen) atoms. The van der Waals surface area contributed by atoms with Crippen LogP contribution in [0.1, 0.15) is 31.2 Å². The van der Waals surface area contributed by atoms with Crippen molar-refractivity contribution in [3.8, 4) is 5.75 Å². The average molecular weight is 328 g/mol. The number of nitrogens with two attached hydrogens (primary N) is 1. The van der Waals surface area contributed by atoms with Crippen molar-refractivity contribution in [2.24, 2.45) is 5.73 Å². The van der Waals surface area contributed by atoms with Gasteiger partial charge in [0, 0.05) is 6.61 Å². The van der Waals surface area contributed by atoms with E-state index >= 15 is 0 Å². The Balaban J connectivity index is 1.72. The van der Waals surface area contributed by atoms with Crippen molar-refractivity contribution in [3.63, 3.8) is 0 Å². The summed E-state index contributed by atoms with van der Waals surface area (Å²) in [5.74, 6) is 0.910. The predicted octanol–water partition coefficient (Wildman–Crippen LogP) is 3.29. The maximum Gasteiger partial charge on any atom is 0.133 e. The highest BCUT2D eigenvalue weighted by atomic mass is 79.9. The number of benzene rings is 1. The molecular formula is C15H22BrNO2. The van der Waals surface area contributed by atoms with Crippen molar-refractivity contribution in [3.05, 3.63) is 28.2 Å². The third-order valence-electron chi connectivity index (χ3n) is 3.38. The van der Waals surface area contributed by atoms with Gasteiger partial charge < -0.3 is 15.2 Å². The Morgan fingerprint density at radius 3 is 3.00 bits per heavy atom. The Kier molecular flexibility index (Phi) is 6.14. The first kappa shape index (κ1) is 14.8. The predicted molar refractivity (Wildman–Crippen MR) is 80.6 cm³/mol. The average Bonchev–Trinajstić information content (AvgIpc) is 2.90. The van der Waals surface area contributed by atoms with Crippen molar-refractivity contribution in [2.45, 2.75) is 38.2 Å². The standard InChI is InChI=1S/C15H22BrNO2/c16-14-11-12(7-8-17)5-6-15(14)19-10-2-4-13-3-1-9-18-13/h5-6,11,13H,1-4,7-10,17H2. The normalized spacial score (nSPS) is 18.7. The minimum atomic E-state index is 0.457. The molecule has 1 aliphatic rings. The van der Waals surface area contributed by atoms with Gasteiger partial charge in [0.2, 0.25) is 0 Å². The molecular weight excluding hydrogens is 306 g/mol. The van der Waals surface area contributed by atoms with Crippen molar-refractivity contribution < 1.29 is 9.47 Å². The van der Waals surface area contributed by atoms with Crippen molar-refractivity contribution >= 4 is 15.9 Å². The summed E-state index contributed by atoms with van der Waals surface area (Å²) < 4.78 is 12.4. The van der Waals surface area contributed by atoms with Crippen molar-refractivity contribution in [1.29, 1.82) is 0 Å². The SMILES string of the molecule is NCCc1ccc(OCCCC2CCCO2)c(Br)c1. The zero-order valence-electron chi connectivity index (χ0n) is 11.2. The first-order valence-electron chi connectivity index (χ1n) is 7.02. The molecule has 0 spiro atoms. The maximum absolute atomic E-state index is 5.80. The summed E-state index contributed by atoms with van der Waals surface area (Å²) >= 11 is 3.54. The lowest BCUT2D eigenvalue weighted by Crippen LogP contribution is -2.08. The summed E-state index contributed by atoms with van der Waals surface area (Å²) in [7, 11) is 0. The zero-order chi connectivity index (χ0) is 13.5. The number of rotatable bonds is 7. The molecule has 0 aliphatic carbocycles. The first-order valence-corrected chi connectivity index (χ1v) is 7.82. The van der Waals surface area contributed by atoms with Crippen LogP contribution in [0.5, 0.6) is 5.75 Å². The van der Waals surface area contributed by atoms with Crippen LogP contribution >= 0.6 is 15.9 Å². The summed E-state index contributed by atoms with van der Waals surface area (Å²) in [6.45, 7) is 2.35. The molecule has 0 amide bonds. The molecule has 1 saturated heterocycles. The van der Waals surface area contributed by atoms with Gasteiger partial charge in [-0.25, -0.2) is 0 Å². The highest BCUT2D eigenvalue weighted by Crippen LogP contribution is 2.26. The van der Waals surface area contributed by atoms with Gasteiger partial charge in [-0.05, 0) is 72.3 Å². The van der Waals surface area contributed by atoms with E-state index in [9.17, 15) is 0 Å². The molecule has 0 aromatic heterocycles. The van der Waals surface area contributed by atoms with Crippen LogP contribution in [0.3, 0.4) is 0 Å². The van der Waals surface area contributed by atoms with Gasteiger partial charge in [-0.2, -0.15) is 0 Å². The monoisotopic (exact) mass is 327 g/mol. The van der Waals surface area contributed by atoms with E-state index in [1.165, 1.54) is 18.4 Å². The second kappa shape index (κ2) is 7.88. The Labute approximate surface area is 123 Å². The van der Waals surface area contributed by atoms with E-state index in [2.05, 4.69) is 28.1 Å². The maximum atomic E-state index is 5.80. The molecule has 0 radical (unpaired) electrons. The van der Waals surface area contributed by atoms with Gasteiger partial charge in [-0.1, -0.05) is 6.07 Å². The van der Waals surface area contributed by atoms with E-state index in [1.54, 1.807) is 0 Å². The fourth-order valence-electron chi connectivity index (χ4n) is 2.35.